The van der Waals surface area contributed by atoms with Crippen LogP contribution >= 0.6 is 43.5 Å². The number of benzene rings is 2. The smallest absolute Gasteiger partial charge is 0.261 e. The Labute approximate surface area is 199 Å². The van der Waals surface area contributed by atoms with E-state index in [0.717, 1.165) is 14.5 Å². The molecule has 2 amide bonds. The van der Waals surface area contributed by atoms with Crippen molar-refractivity contribution in [1.29, 1.82) is 0 Å². The Kier molecular flexibility index (Phi) is 8.76. The van der Waals surface area contributed by atoms with Crippen molar-refractivity contribution in [2.75, 3.05) is 6.61 Å². The molecule has 8 heteroatoms. The van der Waals surface area contributed by atoms with E-state index < -0.39 is 11.6 Å². The maximum absolute atomic E-state index is 13.0. The largest absolute Gasteiger partial charge is 0.482 e. The van der Waals surface area contributed by atoms with E-state index in [2.05, 4.69) is 37.2 Å². The molecule has 1 atom stereocenters. The first-order chi connectivity index (χ1) is 14.0. The number of carbonyl (C=O) groups excluding carboxylic acids is 2. The van der Waals surface area contributed by atoms with E-state index in [4.69, 9.17) is 16.3 Å². The van der Waals surface area contributed by atoms with Gasteiger partial charge in [0.2, 0.25) is 5.91 Å². The van der Waals surface area contributed by atoms with Gasteiger partial charge in [0.25, 0.3) is 5.91 Å². The fourth-order valence-electron chi connectivity index (χ4n) is 2.66. The van der Waals surface area contributed by atoms with E-state index in [1.54, 1.807) is 25.1 Å². The minimum Gasteiger partial charge on any atom is -0.482 e. The summed E-state index contributed by atoms with van der Waals surface area (Å²) in [4.78, 5) is 27.3. The number of amides is 2. The van der Waals surface area contributed by atoms with Crippen LogP contribution in [0.25, 0.3) is 0 Å². The van der Waals surface area contributed by atoms with Gasteiger partial charge in [-0.2, -0.15) is 0 Å². The van der Waals surface area contributed by atoms with Gasteiger partial charge in [-0.1, -0.05) is 55.6 Å². The van der Waals surface area contributed by atoms with E-state index in [0.29, 0.717) is 10.8 Å². The van der Waals surface area contributed by atoms with Gasteiger partial charge in [0, 0.05) is 21.0 Å². The summed E-state index contributed by atoms with van der Waals surface area (Å²) >= 11 is 12.9. The van der Waals surface area contributed by atoms with E-state index >= 15 is 0 Å². The molecule has 0 saturated carbocycles. The first-order valence-corrected chi connectivity index (χ1v) is 11.4. The number of ether oxygens (including phenoxy) is 1. The number of nitrogens with zero attached hydrogens (tertiary/aromatic N) is 1. The van der Waals surface area contributed by atoms with Crippen molar-refractivity contribution in [3.63, 3.8) is 0 Å². The third-order valence-electron chi connectivity index (χ3n) is 4.18. The first kappa shape index (κ1) is 24.7. The fourth-order valence-corrected chi connectivity index (χ4v) is 3.65. The molecule has 0 saturated heterocycles. The highest BCUT2D eigenvalue weighted by Gasteiger charge is 2.28. The number of hydrogen-bond acceptors (Lipinski definition) is 3. The molecule has 0 heterocycles. The molecule has 0 bridgehead atoms. The van der Waals surface area contributed by atoms with Crippen molar-refractivity contribution in [3.05, 3.63) is 62.0 Å². The second-order valence-corrected chi connectivity index (χ2v) is 10.2. The van der Waals surface area contributed by atoms with Gasteiger partial charge < -0.3 is 15.0 Å². The minimum absolute atomic E-state index is 0.227. The van der Waals surface area contributed by atoms with E-state index in [1.165, 1.54) is 4.90 Å². The molecule has 2 aromatic carbocycles. The normalized spacial score (nSPS) is 12.2. The zero-order valence-corrected chi connectivity index (χ0v) is 21.3. The fraction of sp³-hybridized carbons (Fsp3) is 0.364. The first-order valence-electron chi connectivity index (χ1n) is 9.40. The lowest BCUT2D eigenvalue weighted by atomic mass is 10.1. The monoisotopic (exact) mass is 558 g/mol. The van der Waals surface area contributed by atoms with Gasteiger partial charge in [0.15, 0.2) is 6.61 Å². The van der Waals surface area contributed by atoms with Crippen LogP contribution in [0.2, 0.25) is 5.02 Å². The molecule has 0 aliphatic heterocycles. The third-order valence-corrected chi connectivity index (χ3v) is 5.49. The molecular weight excluding hydrogens is 536 g/mol. The summed E-state index contributed by atoms with van der Waals surface area (Å²) in [6.07, 6.45) is 0. The Morgan fingerprint density at radius 3 is 2.27 bits per heavy atom. The Balaban J connectivity index is 2.18. The van der Waals surface area contributed by atoms with Crippen molar-refractivity contribution in [2.45, 2.75) is 45.8 Å². The molecular formula is C22H25Br2ClN2O3. The predicted molar refractivity (Wildman–Crippen MR) is 127 cm³/mol. The summed E-state index contributed by atoms with van der Waals surface area (Å²) in [5.41, 5.74) is 0.502. The van der Waals surface area contributed by atoms with E-state index in [1.807, 2.05) is 45.0 Å². The zero-order valence-electron chi connectivity index (χ0n) is 17.3. The van der Waals surface area contributed by atoms with Crippen LogP contribution in [0, 0.1) is 0 Å². The molecule has 1 N–H and O–H groups in total. The molecule has 0 aliphatic carbocycles. The van der Waals surface area contributed by atoms with E-state index in [-0.39, 0.29) is 25.0 Å². The summed E-state index contributed by atoms with van der Waals surface area (Å²) in [5.74, 6) is -0.133. The minimum atomic E-state index is -0.677. The maximum atomic E-state index is 13.0. The second kappa shape index (κ2) is 10.6. The molecule has 2 aromatic rings. The molecule has 5 nitrogen and oxygen atoms in total. The molecule has 0 unspecified atom stereocenters. The molecule has 2 rings (SSSR count). The van der Waals surface area contributed by atoms with Crippen LogP contribution in [-0.2, 0) is 16.1 Å². The molecule has 0 radical (unpaired) electrons. The highest BCUT2D eigenvalue weighted by atomic mass is 79.9. The quantitative estimate of drug-likeness (QED) is 0.481. The highest BCUT2D eigenvalue weighted by Crippen LogP contribution is 2.27. The lowest BCUT2D eigenvalue weighted by molar-refractivity contribution is -0.142. The maximum Gasteiger partial charge on any atom is 0.261 e. The van der Waals surface area contributed by atoms with Crippen molar-refractivity contribution < 1.29 is 14.3 Å². The summed E-state index contributed by atoms with van der Waals surface area (Å²) in [7, 11) is 0. The molecule has 162 valence electrons. The zero-order chi connectivity index (χ0) is 22.5. The van der Waals surface area contributed by atoms with Gasteiger partial charge in [0.1, 0.15) is 11.8 Å². The molecule has 0 spiro atoms. The Hall–Kier alpha value is -1.57. The molecule has 0 aliphatic rings. The summed E-state index contributed by atoms with van der Waals surface area (Å²) in [6, 6.07) is 12.1. The van der Waals surface area contributed by atoms with Crippen LogP contribution < -0.4 is 10.1 Å². The number of rotatable bonds is 7. The summed E-state index contributed by atoms with van der Waals surface area (Å²) in [5, 5.41) is 3.33. The van der Waals surface area contributed by atoms with Gasteiger partial charge >= 0.3 is 0 Å². The van der Waals surface area contributed by atoms with Crippen LogP contribution in [0.4, 0.5) is 0 Å². The molecule has 0 aromatic heterocycles. The number of carbonyl (C=O) groups is 2. The number of hydrogen-bond donors (Lipinski definition) is 1. The highest BCUT2D eigenvalue weighted by molar-refractivity contribution is 9.10. The van der Waals surface area contributed by atoms with Crippen molar-refractivity contribution >= 4 is 55.3 Å². The molecule has 30 heavy (non-hydrogen) atoms. The van der Waals surface area contributed by atoms with Gasteiger partial charge in [-0.15, -0.1) is 0 Å². The number of nitrogens with one attached hydrogen (secondary N) is 1. The van der Waals surface area contributed by atoms with Crippen LogP contribution in [0.5, 0.6) is 5.75 Å². The standard InChI is InChI=1S/C22H25Br2ClN2O3/c1-14(21(29)26-22(2,3)4)27(12-15-5-7-16(23)8-6-15)20(28)13-30-19-10-9-17(24)11-18(19)25/h5-11,14H,12-13H2,1-4H3,(H,26,29)/t14-/m0/s1. The Bertz CT molecular complexity index is 898. The van der Waals surface area contributed by atoms with Crippen molar-refractivity contribution in [1.82, 2.24) is 10.2 Å². The van der Waals surface area contributed by atoms with Crippen LogP contribution in [-0.4, -0.2) is 34.9 Å². The Morgan fingerprint density at radius 1 is 1.10 bits per heavy atom. The summed E-state index contributed by atoms with van der Waals surface area (Å²) in [6.45, 7) is 7.46. The average Bonchev–Trinajstić information content (AvgIpc) is 2.64. The van der Waals surface area contributed by atoms with Gasteiger partial charge in [-0.05, 0) is 63.6 Å². The summed E-state index contributed by atoms with van der Waals surface area (Å²) < 4.78 is 7.39. The van der Waals surface area contributed by atoms with Crippen molar-refractivity contribution in [2.24, 2.45) is 0 Å². The molecule has 0 fully saturated rings. The van der Waals surface area contributed by atoms with E-state index in [9.17, 15) is 9.59 Å². The van der Waals surface area contributed by atoms with Crippen LogP contribution in [0.15, 0.2) is 51.4 Å². The topological polar surface area (TPSA) is 58.6 Å². The van der Waals surface area contributed by atoms with Gasteiger partial charge in [0.05, 0.1) is 5.02 Å². The average molecular weight is 561 g/mol. The second-order valence-electron chi connectivity index (χ2n) is 7.93. The predicted octanol–water partition coefficient (Wildman–Crippen LogP) is 5.58. The third kappa shape index (κ3) is 7.60. The lowest BCUT2D eigenvalue weighted by Crippen LogP contribution is -2.53. The Morgan fingerprint density at radius 2 is 1.70 bits per heavy atom. The van der Waals surface area contributed by atoms with Crippen molar-refractivity contribution in [3.8, 4) is 5.75 Å². The lowest BCUT2D eigenvalue weighted by Gasteiger charge is -2.31. The van der Waals surface area contributed by atoms with Crippen LogP contribution in [0.1, 0.15) is 33.3 Å². The van der Waals surface area contributed by atoms with Crippen LogP contribution in [0.3, 0.4) is 0 Å². The van der Waals surface area contributed by atoms with Gasteiger partial charge in [-0.25, -0.2) is 0 Å². The SMILES string of the molecule is C[C@@H](C(=O)NC(C)(C)C)N(Cc1ccc(Br)cc1)C(=O)COc1ccc(Br)cc1Cl. The van der Waals surface area contributed by atoms with Gasteiger partial charge in [-0.3, -0.25) is 9.59 Å². The number of halogens is 3.